The summed E-state index contributed by atoms with van der Waals surface area (Å²) in [6.45, 7) is 1.01. The number of aliphatic hydroxyl groups is 1. The maximum Gasteiger partial charge on any atom is 0.180 e. The molecule has 0 unspecified atom stereocenters. The SMILES string of the molecule is CNc1cn2ccnc2c(NCCCCO)n1. The van der Waals surface area contributed by atoms with Crippen LogP contribution in [0.15, 0.2) is 18.6 Å². The first-order valence-corrected chi connectivity index (χ1v) is 5.71. The standard InChI is InChI=1S/C11H17N5O/c1-12-9-8-16-6-5-14-11(16)10(15-9)13-4-2-3-7-17/h5-6,8,12,17H,2-4,7H2,1H3,(H,13,15). The lowest BCUT2D eigenvalue weighted by atomic mass is 10.3. The molecule has 6 heteroatoms. The van der Waals surface area contributed by atoms with Crippen molar-refractivity contribution in [2.75, 3.05) is 30.8 Å². The zero-order chi connectivity index (χ0) is 12.1. The Morgan fingerprint density at radius 2 is 2.29 bits per heavy atom. The van der Waals surface area contributed by atoms with E-state index in [0.717, 1.165) is 36.7 Å². The van der Waals surface area contributed by atoms with Gasteiger partial charge in [0.2, 0.25) is 0 Å². The summed E-state index contributed by atoms with van der Waals surface area (Å²) in [6.07, 6.45) is 7.23. The van der Waals surface area contributed by atoms with Gasteiger partial charge in [-0.15, -0.1) is 0 Å². The van der Waals surface area contributed by atoms with Crippen LogP contribution in [0.2, 0.25) is 0 Å². The molecule has 2 rings (SSSR count). The summed E-state index contributed by atoms with van der Waals surface area (Å²) in [4.78, 5) is 8.67. The van der Waals surface area contributed by atoms with E-state index < -0.39 is 0 Å². The highest BCUT2D eigenvalue weighted by molar-refractivity contribution is 5.65. The van der Waals surface area contributed by atoms with Crippen LogP contribution in [0.25, 0.3) is 5.65 Å². The molecule has 17 heavy (non-hydrogen) atoms. The molecule has 6 nitrogen and oxygen atoms in total. The van der Waals surface area contributed by atoms with Crippen LogP contribution in [0.4, 0.5) is 11.6 Å². The molecule has 0 saturated carbocycles. The maximum atomic E-state index is 8.71. The van der Waals surface area contributed by atoms with E-state index >= 15 is 0 Å². The summed E-state index contributed by atoms with van der Waals surface area (Å²) in [6, 6.07) is 0. The number of unbranched alkanes of at least 4 members (excludes halogenated alkanes) is 1. The number of hydrogen-bond acceptors (Lipinski definition) is 5. The topological polar surface area (TPSA) is 74.5 Å². The zero-order valence-corrected chi connectivity index (χ0v) is 9.85. The molecule has 0 aliphatic rings. The van der Waals surface area contributed by atoms with Gasteiger partial charge in [0.15, 0.2) is 11.5 Å². The third-order valence-corrected chi connectivity index (χ3v) is 2.51. The van der Waals surface area contributed by atoms with Gasteiger partial charge in [-0.25, -0.2) is 9.97 Å². The van der Waals surface area contributed by atoms with Gasteiger partial charge in [0.05, 0.1) is 6.20 Å². The molecule has 0 radical (unpaired) electrons. The Balaban J connectivity index is 2.16. The van der Waals surface area contributed by atoms with E-state index in [0.29, 0.717) is 0 Å². The van der Waals surface area contributed by atoms with Gasteiger partial charge in [0.1, 0.15) is 5.82 Å². The first-order chi connectivity index (χ1) is 8.35. The van der Waals surface area contributed by atoms with E-state index in [1.54, 1.807) is 6.20 Å². The zero-order valence-electron chi connectivity index (χ0n) is 9.85. The minimum atomic E-state index is 0.227. The lowest BCUT2D eigenvalue weighted by molar-refractivity contribution is 0.286. The number of hydrogen-bond donors (Lipinski definition) is 3. The lowest BCUT2D eigenvalue weighted by Crippen LogP contribution is -2.07. The second kappa shape index (κ2) is 5.49. The van der Waals surface area contributed by atoms with Gasteiger partial charge in [0, 0.05) is 32.6 Å². The second-order valence-electron chi connectivity index (χ2n) is 3.74. The normalized spacial score (nSPS) is 10.7. The predicted octanol–water partition coefficient (Wildman–Crippen LogP) is 0.955. The van der Waals surface area contributed by atoms with Crippen LogP contribution in [0.3, 0.4) is 0 Å². The summed E-state index contributed by atoms with van der Waals surface area (Å²) in [7, 11) is 1.83. The smallest absolute Gasteiger partial charge is 0.180 e. The molecule has 0 fully saturated rings. The van der Waals surface area contributed by atoms with Crippen LogP contribution in [0.1, 0.15) is 12.8 Å². The fourth-order valence-electron chi connectivity index (χ4n) is 1.61. The Morgan fingerprint density at radius 1 is 1.41 bits per heavy atom. The molecule has 2 heterocycles. The van der Waals surface area contributed by atoms with E-state index in [-0.39, 0.29) is 6.61 Å². The highest BCUT2D eigenvalue weighted by atomic mass is 16.2. The third-order valence-electron chi connectivity index (χ3n) is 2.51. The maximum absolute atomic E-state index is 8.71. The van der Waals surface area contributed by atoms with Gasteiger partial charge in [-0.1, -0.05) is 0 Å². The van der Waals surface area contributed by atoms with Gasteiger partial charge >= 0.3 is 0 Å². The summed E-state index contributed by atoms with van der Waals surface area (Å²) < 4.78 is 1.92. The molecule has 2 aromatic rings. The minimum absolute atomic E-state index is 0.227. The van der Waals surface area contributed by atoms with E-state index in [2.05, 4.69) is 20.6 Å². The quantitative estimate of drug-likeness (QED) is 0.650. The van der Waals surface area contributed by atoms with Crippen molar-refractivity contribution in [3.63, 3.8) is 0 Å². The van der Waals surface area contributed by atoms with Crippen LogP contribution in [-0.4, -0.2) is 39.7 Å². The van der Waals surface area contributed by atoms with Crippen molar-refractivity contribution in [2.45, 2.75) is 12.8 Å². The molecule has 0 aliphatic heterocycles. The number of imidazole rings is 1. The molecule has 0 aromatic carbocycles. The van der Waals surface area contributed by atoms with Gasteiger partial charge in [-0.05, 0) is 12.8 Å². The van der Waals surface area contributed by atoms with Gasteiger partial charge < -0.3 is 20.1 Å². The van der Waals surface area contributed by atoms with Gasteiger partial charge in [-0.2, -0.15) is 0 Å². The Hall–Kier alpha value is -1.82. The highest BCUT2D eigenvalue weighted by Gasteiger charge is 2.05. The lowest BCUT2D eigenvalue weighted by Gasteiger charge is -2.08. The van der Waals surface area contributed by atoms with E-state index in [9.17, 15) is 0 Å². The van der Waals surface area contributed by atoms with Crippen molar-refractivity contribution in [3.8, 4) is 0 Å². The van der Waals surface area contributed by atoms with Gasteiger partial charge in [0.25, 0.3) is 0 Å². The molecule has 0 aliphatic carbocycles. The summed E-state index contributed by atoms with van der Waals surface area (Å²) in [5.41, 5.74) is 0.813. The molecule has 0 bridgehead atoms. The minimum Gasteiger partial charge on any atom is -0.396 e. The molecule has 0 amide bonds. The van der Waals surface area contributed by atoms with Crippen LogP contribution in [0.5, 0.6) is 0 Å². The molecular weight excluding hydrogens is 218 g/mol. The number of aromatic nitrogens is 3. The van der Waals surface area contributed by atoms with Crippen molar-refractivity contribution < 1.29 is 5.11 Å². The molecule has 0 spiro atoms. The number of rotatable bonds is 6. The molecule has 92 valence electrons. The number of nitrogens with one attached hydrogen (secondary N) is 2. The average Bonchev–Trinajstić information content (AvgIpc) is 2.82. The first-order valence-electron chi connectivity index (χ1n) is 5.71. The number of anilines is 2. The Morgan fingerprint density at radius 3 is 3.06 bits per heavy atom. The third kappa shape index (κ3) is 2.65. The Bertz CT molecular complexity index is 482. The van der Waals surface area contributed by atoms with Crippen LogP contribution in [0, 0.1) is 0 Å². The average molecular weight is 235 g/mol. The van der Waals surface area contributed by atoms with Crippen molar-refractivity contribution >= 4 is 17.3 Å². The Kier molecular flexibility index (Phi) is 3.77. The van der Waals surface area contributed by atoms with E-state index in [1.165, 1.54) is 0 Å². The fraction of sp³-hybridized carbons (Fsp3) is 0.455. The van der Waals surface area contributed by atoms with Crippen molar-refractivity contribution in [1.82, 2.24) is 14.4 Å². The number of aliphatic hydroxyl groups excluding tert-OH is 1. The first kappa shape index (κ1) is 11.7. The van der Waals surface area contributed by atoms with E-state index in [1.807, 2.05) is 23.8 Å². The fourth-order valence-corrected chi connectivity index (χ4v) is 1.61. The number of fused-ring (bicyclic) bond motifs is 1. The van der Waals surface area contributed by atoms with Crippen molar-refractivity contribution in [2.24, 2.45) is 0 Å². The molecule has 3 N–H and O–H groups in total. The van der Waals surface area contributed by atoms with Gasteiger partial charge in [-0.3, -0.25) is 0 Å². The van der Waals surface area contributed by atoms with Crippen LogP contribution >= 0.6 is 0 Å². The summed E-state index contributed by atoms with van der Waals surface area (Å²) in [5, 5.41) is 15.0. The summed E-state index contributed by atoms with van der Waals surface area (Å²) >= 11 is 0. The molecule has 0 atom stereocenters. The number of nitrogens with zero attached hydrogens (tertiary/aromatic N) is 3. The van der Waals surface area contributed by atoms with Crippen molar-refractivity contribution in [3.05, 3.63) is 18.6 Å². The molecule has 0 saturated heterocycles. The monoisotopic (exact) mass is 235 g/mol. The largest absolute Gasteiger partial charge is 0.396 e. The van der Waals surface area contributed by atoms with Crippen molar-refractivity contribution in [1.29, 1.82) is 0 Å². The predicted molar refractivity (Wildman–Crippen MR) is 67.3 cm³/mol. The molecule has 2 aromatic heterocycles. The van der Waals surface area contributed by atoms with Crippen LogP contribution < -0.4 is 10.6 Å². The molecular formula is C11H17N5O. The van der Waals surface area contributed by atoms with Crippen LogP contribution in [-0.2, 0) is 0 Å². The second-order valence-corrected chi connectivity index (χ2v) is 3.74. The summed E-state index contributed by atoms with van der Waals surface area (Å²) in [5.74, 6) is 1.56. The Labute approximate surface area is 99.7 Å². The highest BCUT2D eigenvalue weighted by Crippen LogP contribution is 2.15. The van der Waals surface area contributed by atoms with E-state index in [4.69, 9.17) is 5.11 Å².